The third-order valence-electron chi connectivity index (χ3n) is 2.99. The van der Waals surface area contributed by atoms with Gasteiger partial charge in [0.1, 0.15) is 5.82 Å². The minimum absolute atomic E-state index is 0.345. The molecular formula is C17H15ClFNO3. The van der Waals surface area contributed by atoms with E-state index in [-0.39, 0.29) is 11.7 Å². The minimum atomic E-state index is -0.362. The predicted octanol–water partition coefficient (Wildman–Crippen LogP) is 4.15. The molecule has 0 aliphatic carbocycles. The molecule has 0 aliphatic heterocycles. The fraction of sp³-hybridized carbons (Fsp3) is 0.118. The number of nitrogens with one attached hydrogen (secondary N) is 1. The first-order valence-electron chi connectivity index (χ1n) is 6.69. The SMILES string of the molecule is COc1cc(/C=C/C(=O)Nc2ccc(F)cc2)cc(Cl)c1OC. The van der Waals surface area contributed by atoms with E-state index in [1.54, 1.807) is 18.2 Å². The molecule has 0 saturated heterocycles. The second kappa shape index (κ2) is 7.65. The zero-order valence-corrected chi connectivity index (χ0v) is 13.4. The van der Waals surface area contributed by atoms with Gasteiger partial charge in [0.25, 0.3) is 0 Å². The number of carbonyl (C=O) groups is 1. The van der Waals surface area contributed by atoms with Gasteiger partial charge in [-0.3, -0.25) is 4.79 Å². The Morgan fingerprint density at radius 2 is 1.87 bits per heavy atom. The van der Waals surface area contributed by atoms with Crippen molar-refractivity contribution in [3.8, 4) is 11.5 Å². The van der Waals surface area contributed by atoms with Crippen LogP contribution in [0.2, 0.25) is 5.02 Å². The van der Waals surface area contributed by atoms with Crippen LogP contribution in [0.25, 0.3) is 6.08 Å². The number of rotatable bonds is 5. The number of hydrogen-bond acceptors (Lipinski definition) is 3. The lowest BCUT2D eigenvalue weighted by Gasteiger charge is -2.10. The third kappa shape index (κ3) is 4.47. The molecule has 2 aromatic carbocycles. The maximum atomic E-state index is 12.8. The van der Waals surface area contributed by atoms with Crippen LogP contribution in [-0.4, -0.2) is 20.1 Å². The number of methoxy groups -OCH3 is 2. The topological polar surface area (TPSA) is 47.6 Å². The Hall–Kier alpha value is -2.53. The molecule has 120 valence electrons. The van der Waals surface area contributed by atoms with Crippen LogP contribution in [0.15, 0.2) is 42.5 Å². The van der Waals surface area contributed by atoms with Crippen molar-refractivity contribution < 1.29 is 18.7 Å². The van der Waals surface area contributed by atoms with Gasteiger partial charge in [0.2, 0.25) is 5.91 Å². The molecule has 0 radical (unpaired) electrons. The van der Waals surface area contributed by atoms with Gasteiger partial charge in [-0.05, 0) is 48.0 Å². The molecule has 0 unspecified atom stereocenters. The Balaban J connectivity index is 2.11. The Morgan fingerprint density at radius 1 is 1.17 bits per heavy atom. The van der Waals surface area contributed by atoms with Gasteiger partial charge in [-0.25, -0.2) is 4.39 Å². The molecule has 0 bridgehead atoms. The number of ether oxygens (including phenoxy) is 2. The largest absolute Gasteiger partial charge is 0.493 e. The van der Waals surface area contributed by atoms with Gasteiger partial charge < -0.3 is 14.8 Å². The summed E-state index contributed by atoms with van der Waals surface area (Å²) in [4.78, 5) is 11.9. The first kappa shape index (κ1) is 16.8. The fourth-order valence-electron chi connectivity index (χ4n) is 1.92. The third-order valence-corrected chi connectivity index (χ3v) is 3.28. The second-order valence-electron chi connectivity index (χ2n) is 4.57. The van der Waals surface area contributed by atoms with Gasteiger partial charge in [-0.2, -0.15) is 0 Å². The fourth-order valence-corrected chi connectivity index (χ4v) is 2.22. The van der Waals surface area contributed by atoms with Crippen LogP contribution in [0.4, 0.5) is 10.1 Å². The number of hydrogen-bond donors (Lipinski definition) is 1. The van der Waals surface area contributed by atoms with Crippen LogP contribution in [0.1, 0.15) is 5.56 Å². The lowest BCUT2D eigenvalue weighted by molar-refractivity contribution is -0.111. The maximum absolute atomic E-state index is 12.8. The summed E-state index contributed by atoms with van der Waals surface area (Å²) in [7, 11) is 3.00. The summed E-state index contributed by atoms with van der Waals surface area (Å²) in [5.41, 5.74) is 1.19. The Bertz CT molecular complexity index is 729. The lowest BCUT2D eigenvalue weighted by atomic mass is 10.2. The van der Waals surface area contributed by atoms with Crippen LogP contribution in [0.3, 0.4) is 0 Å². The van der Waals surface area contributed by atoms with Crippen LogP contribution in [0, 0.1) is 5.82 Å². The molecule has 6 heteroatoms. The molecule has 0 aliphatic rings. The van der Waals surface area contributed by atoms with E-state index in [9.17, 15) is 9.18 Å². The van der Waals surface area contributed by atoms with Crippen molar-refractivity contribution in [3.63, 3.8) is 0 Å². The monoisotopic (exact) mass is 335 g/mol. The zero-order chi connectivity index (χ0) is 16.8. The van der Waals surface area contributed by atoms with Gasteiger partial charge in [-0.1, -0.05) is 11.6 Å². The summed E-state index contributed by atoms with van der Waals surface area (Å²) >= 11 is 6.10. The van der Waals surface area contributed by atoms with Gasteiger partial charge in [0, 0.05) is 11.8 Å². The van der Waals surface area contributed by atoms with E-state index in [4.69, 9.17) is 21.1 Å². The second-order valence-corrected chi connectivity index (χ2v) is 4.97. The standard InChI is InChI=1S/C17H15ClFNO3/c1-22-15-10-11(9-14(18)17(15)23-2)3-8-16(21)20-13-6-4-12(19)5-7-13/h3-10H,1-2H3,(H,20,21)/b8-3+. The van der Waals surface area contributed by atoms with Crippen molar-refractivity contribution in [2.75, 3.05) is 19.5 Å². The highest BCUT2D eigenvalue weighted by molar-refractivity contribution is 6.32. The van der Waals surface area contributed by atoms with E-state index >= 15 is 0 Å². The summed E-state index contributed by atoms with van der Waals surface area (Å²) in [6.45, 7) is 0. The summed E-state index contributed by atoms with van der Waals surface area (Å²) in [5.74, 6) is 0.196. The van der Waals surface area contributed by atoms with E-state index in [0.29, 0.717) is 27.8 Å². The van der Waals surface area contributed by atoms with Gasteiger partial charge in [0.15, 0.2) is 11.5 Å². The number of anilines is 1. The van der Waals surface area contributed by atoms with Crippen LogP contribution >= 0.6 is 11.6 Å². The molecule has 0 fully saturated rings. The Morgan fingerprint density at radius 3 is 2.48 bits per heavy atom. The lowest BCUT2D eigenvalue weighted by Crippen LogP contribution is -2.07. The molecule has 2 aromatic rings. The van der Waals surface area contributed by atoms with Crippen molar-refractivity contribution in [3.05, 3.63) is 58.9 Å². The van der Waals surface area contributed by atoms with E-state index in [1.165, 1.54) is 44.6 Å². The van der Waals surface area contributed by atoms with Crippen molar-refractivity contribution in [1.29, 1.82) is 0 Å². The summed E-state index contributed by atoms with van der Waals surface area (Å²) < 4.78 is 23.1. The maximum Gasteiger partial charge on any atom is 0.248 e. The first-order valence-corrected chi connectivity index (χ1v) is 7.07. The molecular weight excluding hydrogens is 321 g/mol. The van der Waals surface area contributed by atoms with Crippen LogP contribution in [0.5, 0.6) is 11.5 Å². The normalized spacial score (nSPS) is 10.6. The van der Waals surface area contributed by atoms with Crippen molar-refractivity contribution >= 4 is 29.3 Å². The number of benzene rings is 2. The minimum Gasteiger partial charge on any atom is -0.493 e. The molecule has 23 heavy (non-hydrogen) atoms. The van der Waals surface area contributed by atoms with E-state index in [1.807, 2.05) is 0 Å². The van der Waals surface area contributed by atoms with E-state index in [0.717, 1.165) is 0 Å². The molecule has 0 heterocycles. The molecule has 4 nitrogen and oxygen atoms in total. The summed E-state index contributed by atoms with van der Waals surface area (Å²) in [5, 5.41) is 3.00. The average molecular weight is 336 g/mol. The van der Waals surface area contributed by atoms with Gasteiger partial charge >= 0.3 is 0 Å². The smallest absolute Gasteiger partial charge is 0.248 e. The average Bonchev–Trinajstić information content (AvgIpc) is 2.54. The molecule has 0 atom stereocenters. The quantitative estimate of drug-likeness (QED) is 0.835. The highest BCUT2D eigenvalue weighted by Crippen LogP contribution is 2.36. The highest BCUT2D eigenvalue weighted by atomic mass is 35.5. The highest BCUT2D eigenvalue weighted by Gasteiger charge is 2.09. The number of carbonyl (C=O) groups excluding carboxylic acids is 1. The van der Waals surface area contributed by atoms with Gasteiger partial charge in [-0.15, -0.1) is 0 Å². The molecule has 1 N–H and O–H groups in total. The van der Waals surface area contributed by atoms with Crippen molar-refractivity contribution in [2.45, 2.75) is 0 Å². The molecule has 0 saturated carbocycles. The Labute approximate surface area is 138 Å². The number of halogens is 2. The zero-order valence-electron chi connectivity index (χ0n) is 12.6. The van der Waals surface area contributed by atoms with E-state index in [2.05, 4.69) is 5.32 Å². The summed E-state index contributed by atoms with van der Waals surface area (Å²) in [6.07, 6.45) is 2.94. The molecule has 2 rings (SSSR count). The molecule has 0 spiro atoms. The van der Waals surface area contributed by atoms with Crippen LogP contribution < -0.4 is 14.8 Å². The number of amides is 1. The van der Waals surface area contributed by atoms with Crippen molar-refractivity contribution in [2.24, 2.45) is 0 Å². The van der Waals surface area contributed by atoms with Crippen molar-refractivity contribution in [1.82, 2.24) is 0 Å². The van der Waals surface area contributed by atoms with Crippen LogP contribution in [-0.2, 0) is 4.79 Å². The van der Waals surface area contributed by atoms with E-state index < -0.39 is 0 Å². The molecule has 1 amide bonds. The molecule has 0 aromatic heterocycles. The first-order chi connectivity index (χ1) is 11.0. The predicted molar refractivity (Wildman–Crippen MR) is 88.6 cm³/mol. The summed E-state index contributed by atoms with van der Waals surface area (Å²) in [6, 6.07) is 8.86. The Kier molecular flexibility index (Phi) is 5.60. The van der Waals surface area contributed by atoms with Gasteiger partial charge in [0.05, 0.1) is 19.2 Å².